The number of benzene rings is 1. The topological polar surface area (TPSA) is 54.7 Å². The highest BCUT2D eigenvalue weighted by molar-refractivity contribution is 5.92. The van der Waals surface area contributed by atoms with Gasteiger partial charge in [-0.05, 0) is 32.9 Å². The molecule has 1 heterocycles. The van der Waals surface area contributed by atoms with Crippen LogP contribution in [0.1, 0.15) is 26.3 Å². The van der Waals surface area contributed by atoms with Gasteiger partial charge >= 0.3 is 0 Å². The Balaban J connectivity index is 2.56. The minimum atomic E-state index is -0.00622. The van der Waals surface area contributed by atoms with E-state index in [1.165, 1.54) is 0 Å². The van der Waals surface area contributed by atoms with E-state index < -0.39 is 0 Å². The molecule has 0 fully saturated rings. The summed E-state index contributed by atoms with van der Waals surface area (Å²) in [7, 11) is 0. The number of nitrogens with zero attached hydrogens (tertiary/aromatic N) is 1. The van der Waals surface area contributed by atoms with Crippen LogP contribution in [0.3, 0.4) is 0 Å². The number of nitrogen functional groups attached to an aromatic ring is 1. The van der Waals surface area contributed by atoms with Gasteiger partial charge in [0.25, 0.3) is 0 Å². The number of nitrogens with two attached hydrogens (primary N) is 1. The Bertz CT molecular complexity index is 576. The predicted molar refractivity (Wildman–Crippen MR) is 66.8 cm³/mol. The third-order valence-electron chi connectivity index (χ3n) is 2.20. The standard InChI is InChI=1S/C13H15N3/c1-13(2,3)8-7-9-5-4-6-10-11(9)15-16-12(10)14/h4-6H,1-3H3,(H3,14,15,16). The number of fused-ring (bicyclic) bond motifs is 1. The van der Waals surface area contributed by atoms with Crippen molar-refractivity contribution in [3.63, 3.8) is 0 Å². The molecule has 3 N–H and O–H groups in total. The Morgan fingerprint density at radius 1 is 1.31 bits per heavy atom. The van der Waals surface area contributed by atoms with Crippen LogP contribution in [-0.4, -0.2) is 10.2 Å². The first-order chi connectivity index (χ1) is 7.47. The van der Waals surface area contributed by atoms with Gasteiger partial charge in [0.1, 0.15) is 0 Å². The summed E-state index contributed by atoms with van der Waals surface area (Å²) in [6.07, 6.45) is 0. The smallest absolute Gasteiger partial charge is 0.153 e. The molecular formula is C13H15N3. The van der Waals surface area contributed by atoms with Gasteiger partial charge < -0.3 is 5.73 Å². The van der Waals surface area contributed by atoms with Crippen LogP contribution < -0.4 is 5.73 Å². The van der Waals surface area contributed by atoms with Gasteiger partial charge in [-0.3, -0.25) is 5.10 Å². The van der Waals surface area contributed by atoms with Crippen LogP contribution in [0.25, 0.3) is 10.9 Å². The monoisotopic (exact) mass is 213 g/mol. The van der Waals surface area contributed by atoms with Gasteiger partial charge in [0.05, 0.1) is 11.1 Å². The molecule has 0 saturated heterocycles. The van der Waals surface area contributed by atoms with Crippen molar-refractivity contribution in [2.24, 2.45) is 5.41 Å². The predicted octanol–water partition coefficient (Wildman–Crippen LogP) is 2.54. The molecule has 0 saturated carbocycles. The van der Waals surface area contributed by atoms with Crippen molar-refractivity contribution in [1.29, 1.82) is 0 Å². The van der Waals surface area contributed by atoms with Gasteiger partial charge in [-0.1, -0.05) is 17.9 Å². The zero-order chi connectivity index (χ0) is 11.8. The highest BCUT2D eigenvalue weighted by Gasteiger charge is 2.06. The number of hydrogen-bond acceptors (Lipinski definition) is 2. The van der Waals surface area contributed by atoms with Gasteiger partial charge in [0, 0.05) is 10.8 Å². The molecular weight excluding hydrogens is 198 g/mol. The molecule has 3 nitrogen and oxygen atoms in total. The Morgan fingerprint density at radius 2 is 2.06 bits per heavy atom. The lowest BCUT2D eigenvalue weighted by molar-refractivity contribution is 0.571. The second kappa shape index (κ2) is 3.57. The molecule has 0 spiro atoms. The number of H-pyrrole nitrogens is 1. The maximum atomic E-state index is 5.74. The van der Waals surface area contributed by atoms with Crippen LogP contribution in [0.4, 0.5) is 5.82 Å². The van der Waals surface area contributed by atoms with E-state index in [0.29, 0.717) is 5.82 Å². The summed E-state index contributed by atoms with van der Waals surface area (Å²) in [4.78, 5) is 0. The first-order valence-corrected chi connectivity index (χ1v) is 5.23. The first-order valence-electron chi connectivity index (χ1n) is 5.23. The summed E-state index contributed by atoms with van der Waals surface area (Å²) in [5.74, 6) is 6.89. The van der Waals surface area contributed by atoms with E-state index in [4.69, 9.17) is 5.73 Å². The van der Waals surface area contributed by atoms with Crippen molar-refractivity contribution in [1.82, 2.24) is 10.2 Å². The largest absolute Gasteiger partial charge is 0.382 e. The summed E-state index contributed by atoms with van der Waals surface area (Å²) in [6.45, 7) is 6.25. The quantitative estimate of drug-likeness (QED) is 0.661. The molecule has 2 rings (SSSR count). The zero-order valence-electron chi connectivity index (χ0n) is 9.76. The van der Waals surface area contributed by atoms with E-state index in [2.05, 4.69) is 42.8 Å². The van der Waals surface area contributed by atoms with Crippen molar-refractivity contribution >= 4 is 16.7 Å². The molecule has 0 amide bonds. The summed E-state index contributed by atoms with van der Waals surface area (Å²) < 4.78 is 0. The highest BCUT2D eigenvalue weighted by atomic mass is 15.1. The fourth-order valence-corrected chi connectivity index (χ4v) is 1.42. The highest BCUT2D eigenvalue weighted by Crippen LogP contribution is 2.21. The molecule has 0 aliphatic heterocycles. The van der Waals surface area contributed by atoms with Crippen LogP contribution >= 0.6 is 0 Å². The van der Waals surface area contributed by atoms with E-state index in [1.54, 1.807) is 0 Å². The molecule has 16 heavy (non-hydrogen) atoms. The molecule has 0 unspecified atom stereocenters. The maximum absolute atomic E-state index is 5.74. The normalized spacial score (nSPS) is 11.2. The van der Waals surface area contributed by atoms with Gasteiger partial charge in [0.15, 0.2) is 5.82 Å². The molecule has 0 bridgehead atoms. The molecule has 1 aromatic heterocycles. The summed E-state index contributed by atoms with van der Waals surface area (Å²) in [5, 5.41) is 7.83. The lowest BCUT2D eigenvalue weighted by atomic mass is 9.97. The molecule has 3 heteroatoms. The molecule has 2 aromatic rings. The number of hydrogen-bond donors (Lipinski definition) is 2. The third-order valence-corrected chi connectivity index (χ3v) is 2.20. The Hall–Kier alpha value is -1.95. The number of anilines is 1. The molecule has 0 radical (unpaired) electrons. The fourth-order valence-electron chi connectivity index (χ4n) is 1.42. The number of aromatic amines is 1. The number of aromatic nitrogens is 2. The van der Waals surface area contributed by atoms with Crippen LogP contribution in [0.2, 0.25) is 0 Å². The average Bonchev–Trinajstić information content (AvgIpc) is 2.57. The Morgan fingerprint density at radius 3 is 2.75 bits per heavy atom. The zero-order valence-corrected chi connectivity index (χ0v) is 9.76. The van der Waals surface area contributed by atoms with E-state index >= 15 is 0 Å². The molecule has 0 atom stereocenters. The SMILES string of the molecule is CC(C)(C)C#Cc1cccc2c(N)n[nH]c12. The fraction of sp³-hybridized carbons (Fsp3) is 0.308. The number of nitrogens with one attached hydrogen (secondary N) is 1. The van der Waals surface area contributed by atoms with Gasteiger partial charge in [-0.25, -0.2) is 0 Å². The lowest BCUT2D eigenvalue weighted by Gasteiger charge is -2.06. The minimum Gasteiger partial charge on any atom is -0.382 e. The summed E-state index contributed by atoms with van der Waals surface area (Å²) in [5.41, 5.74) is 7.59. The van der Waals surface area contributed by atoms with Crippen LogP contribution in [0.15, 0.2) is 18.2 Å². The summed E-state index contributed by atoms with van der Waals surface area (Å²) >= 11 is 0. The lowest BCUT2D eigenvalue weighted by Crippen LogP contribution is -1.99. The van der Waals surface area contributed by atoms with E-state index in [0.717, 1.165) is 16.5 Å². The Kier molecular flexibility index (Phi) is 2.35. The van der Waals surface area contributed by atoms with E-state index in [1.807, 2.05) is 18.2 Å². The number of rotatable bonds is 0. The molecule has 0 aliphatic rings. The van der Waals surface area contributed by atoms with Crippen molar-refractivity contribution in [2.75, 3.05) is 5.73 Å². The minimum absolute atomic E-state index is 0.00622. The van der Waals surface area contributed by atoms with Crippen LogP contribution in [-0.2, 0) is 0 Å². The molecule has 1 aromatic carbocycles. The first kappa shape index (κ1) is 10.6. The molecule has 82 valence electrons. The van der Waals surface area contributed by atoms with E-state index in [9.17, 15) is 0 Å². The van der Waals surface area contributed by atoms with Crippen molar-refractivity contribution in [3.8, 4) is 11.8 Å². The number of para-hydroxylation sites is 1. The van der Waals surface area contributed by atoms with Gasteiger partial charge in [-0.15, -0.1) is 0 Å². The van der Waals surface area contributed by atoms with Crippen molar-refractivity contribution in [3.05, 3.63) is 23.8 Å². The average molecular weight is 213 g/mol. The van der Waals surface area contributed by atoms with Gasteiger partial charge in [0.2, 0.25) is 0 Å². The third kappa shape index (κ3) is 2.01. The van der Waals surface area contributed by atoms with Crippen LogP contribution in [0.5, 0.6) is 0 Å². The maximum Gasteiger partial charge on any atom is 0.153 e. The van der Waals surface area contributed by atoms with E-state index in [-0.39, 0.29) is 5.41 Å². The van der Waals surface area contributed by atoms with Gasteiger partial charge in [-0.2, -0.15) is 5.10 Å². The summed E-state index contributed by atoms with van der Waals surface area (Å²) in [6, 6.07) is 5.86. The van der Waals surface area contributed by atoms with Crippen molar-refractivity contribution < 1.29 is 0 Å². The second-order valence-corrected chi connectivity index (χ2v) is 4.84. The van der Waals surface area contributed by atoms with Crippen molar-refractivity contribution in [2.45, 2.75) is 20.8 Å². The second-order valence-electron chi connectivity index (χ2n) is 4.84. The van der Waals surface area contributed by atoms with Crippen LogP contribution in [0, 0.1) is 17.3 Å². The molecule has 0 aliphatic carbocycles. The Labute approximate surface area is 95.0 Å².